The zero-order valence-corrected chi connectivity index (χ0v) is 19.0. The molecule has 10 heteroatoms. The van der Waals surface area contributed by atoms with Crippen LogP contribution in [0.25, 0.3) is 6.08 Å². The number of morpholine rings is 1. The summed E-state index contributed by atoms with van der Waals surface area (Å²) in [5.41, 5.74) is 1.38. The van der Waals surface area contributed by atoms with Crippen molar-refractivity contribution in [1.82, 2.24) is 9.88 Å². The number of carbonyl (C=O) groups is 2. The van der Waals surface area contributed by atoms with Gasteiger partial charge in [0.25, 0.3) is 11.8 Å². The Morgan fingerprint density at radius 1 is 1.28 bits per heavy atom. The lowest BCUT2D eigenvalue weighted by Gasteiger charge is -2.26. The van der Waals surface area contributed by atoms with Gasteiger partial charge >= 0.3 is 0 Å². The summed E-state index contributed by atoms with van der Waals surface area (Å²) in [7, 11) is 1.53. The highest BCUT2D eigenvalue weighted by atomic mass is 32.2. The Bertz CT molecular complexity index is 1050. The predicted octanol–water partition coefficient (Wildman–Crippen LogP) is 2.73. The number of pyridine rings is 1. The summed E-state index contributed by atoms with van der Waals surface area (Å²) in [5, 5.41) is 0. The van der Waals surface area contributed by atoms with Crippen molar-refractivity contribution in [2.75, 3.05) is 44.9 Å². The zero-order valence-electron chi connectivity index (χ0n) is 17.4. The van der Waals surface area contributed by atoms with Crippen LogP contribution in [0.4, 0.5) is 5.69 Å². The molecule has 0 N–H and O–H groups in total. The minimum Gasteiger partial charge on any atom is -0.493 e. The number of hydrogen-bond acceptors (Lipinski definition) is 8. The second-order valence-corrected chi connectivity index (χ2v) is 8.60. The number of carbonyl (C=O) groups excluding carboxylic acids is 2. The molecule has 0 unspecified atom stereocenters. The molecule has 0 bridgehead atoms. The molecule has 3 heterocycles. The van der Waals surface area contributed by atoms with Crippen molar-refractivity contribution >= 4 is 51.9 Å². The molecule has 8 nitrogen and oxygen atoms in total. The number of nitrogens with zero attached hydrogens (tertiary/aromatic N) is 3. The first kappa shape index (κ1) is 22.3. The van der Waals surface area contributed by atoms with Gasteiger partial charge < -0.3 is 19.1 Å². The predicted molar refractivity (Wildman–Crippen MR) is 126 cm³/mol. The van der Waals surface area contributed by atoms with E-state index < -0.39 is 0 Å². The van der Waals surface area contributed by atoms with Crippen LogP contribution in [-0.2, 0) is 14.3 Å². The molecule has 4 rings (SSSR count). The first-order valence-corrected chi connectivity index (χ1v) is 11.1. The number of hydrogen-bond donors (Lipinski definition) is 0. The van der Waals surface area contributed by atoms with Gasteiger partial charge in [0.1, 0.15) is 0 Å². The Balaban J connectivity index is 1.46. The molecule has 2 aliphatic rings. The fraction of sp³-hybridized carbons (Fsp3) is 0.273. The number of benzene rings is 1. The van der Waals surface area contributed by atoms with E-state index in [0.717, 1.165) is 5.56 Å². The third kappa shape index (κ3) is 4.93. The summed E-state index contributed by atoms with van der Waals surface area (Å²) < 4.78 is 16.8. The minimum atomic E-state index is -0.205. The quantitative estimate of drug-likeness (QED) is 0.470. The summed E-state index contributed by atoms with van der Waals surface area (Å²) in [6.45, 7) is 2.12. The van der Waals surface area contributed by atoms with E-state index >= 15 is 0 Å². The average Bonchev–Trinajstić information content (AvgIpc) is 3.11. The Hall–Kier alpha value is -2.95. The standard InChI is InChI=1S/C22H21N3O5S2/c1-28-18-11-15(4-5-17(18)30-14-20(26)24-7-9-29-10-8-24)12-19-21(27)25(22(31)32-19)16-3-2-6-23-13-16/h2-6,11-13H,7-10,14H2,1H3/b19-12-. The number of thioether (sulfide) groups is 1. The van der Waals surface area contributed by atoms with Gasteiger partial charge in [-0.25, -0.2) is 0 Å². The average molecular weight is 472 g/mol. The molecule has 0 radical (unpaired) electrons. The maximum absolute atomic E-state index is 12.9. The third-order valence-corrected chi connectivity index (χ3v) is 6.20. The number of aromatic nitrogens is 1. The van der Waals surface area contributed by atoms with E-state index in [1.165, 1.54) is 23.8 Å². The molecular formula is C22H21N3O5S2. The largest absolute Gasteiger partial charge is 0.493 e. The first-order chi connectivity index (χ1) is 15.6. The van der Waals surface area contributed by atoms with Crippen molar-refractivity contribution in [1.29, 1.82) is 0 Å². The highest BCUT2D eigenvalue weighted by molar-refractivity contribution is 8.27. The molecule has 2 amide bonds. The number of rotatable bonds is 6. The fourth-order valence-electron chi connectivity index (χ4n) is 3.26. The van der Waals surface area contributed by atoms with Crippen molar-refractivity contribution in [3.05, 3.63) is 53.2 Å². The number of ether oxygens (including phenoxy) is 3. The van der Waals surface area contributed by atoms with Gasteiger partial charge in [0.2, 0.25) is 0 Å². The van der Waals surface area contributed by atoms with E-state index in [-0.39, 0.29) is 18.4 Å². The third-order valence-electron chi connectivity index (χ3n) is 4.90. The number of amides is 2. The van der Waals surface area contributed by atoms with E-state index in [9.17, 15) is 9.59 Å². The molecule has 2 fully saturated rings. The van der Waals surface area contributed by atoms with Crippen LogP contribution in [0.15, 0.2) is 47.6 Å². The monoisotopic (exact) mass is 471 g/mol. The van der Waals surface area contributed by atoms with Gasteiger partial charge in [-0.1, -0.05) is 30.0 Å². The van der Waals surface area contributed by atoms with Gasteiger partial charge in [0.15, 0.2) is 22.4 Å². The fourth-order valence-corrected chi connectivity index (χ4v) is 4.56. The maximum Gasteiger partial charge on any atom is 0.270 e. The van der Waals surface area contributed by atoms with Crippen molar-refractivity contribution in [3.8, 4) is 11.5 Å². The second kappa shape index (κ2) is 10.1. The molecule has 166 valence electrons. The molecule has 32 heavy (non-hydrogen) atoms. The summed E-state index contributed by atoms with van der Waals surface area (Å²) in [6, 6.07) is 8.82. The van der Waals surface area contributed by atoms with Crippen LogP contribution in [0.3, 0.4) is 0 Å². The van der Waals surface area contributed by atoms with Crippen LogP contribution in [0.2, 0.25) is 0 Å². The van der Waals surface area contributed by atoms with Crippen molar-refractivity contribution in [2.24, 2.45) is 0 Å². The minimum absolute atomic E-state index is 0.0839. The molecule has 2 aliphatic heterocycles. The Kier molecular flexibility index (Phi) is 7.03. The number of methoxy groups -OCH3 is 1. The smallest absolute Gasteiger partial charge is 0.270 e. The van der Waals surface area contributed by atoms with Gasteiger partial charge in [-0.15, -0.1) is 0 Å². The summed E-state index contributed by atoms with van der Waals surface area (Å²) in [5.74, 6) is 0.618. The molecule has 1 aromatic carbocycles. The van der Waals surface area contributed by atoms with Crippen molar-refractivity contribution in [3.63, 3.8) is 0 Å². The topological polar surface area (TPSA) is 81.2 Å². The molecule has 2 aromatic rings. The number of anilines is 1. The summed E-state index contributed by atoms with van der Waals surface area (Å²) in [4.78, 5) is 32.9. The van der Waals surface area contributed by atoms with Gasteiger partial charge in [-0.3, -0.25) is 19.5 Å². The molecule has 0 atom stereocenters. The van der Waals surface area contributed by atoms with E-state index in [1.807, 2.05) is 0 Å². The van der Waals surface area contributed by atoms with Crippen molar-refractivity contribution < 1.29 is 23.8 Å². The van der Waals surface area contributed by atoms with Crippen LogP contribution in [0.5, 0.6) is 11.5 Å². The SMILES string of the molecule is COc1cc(/C=C2\SC(=S)N(c3cccnc3)C2=O)ccc1OCC(=O)N1CCOCC1. The van der Waals surface area contributed by atoms with Crippen LogP contribution < -0.4 is 14.4 Å². The van der Waals surface area contributed by atoms with Crippen LogP contribution >= 0.6 is 24.0 Å². The molecule has 0 saturated carbocycles. The highest BCUT2D eigenvalue weighted by Gasteiger charge is 2.33. The highest BCUT2D eigenvalue weighted by Crippen LogP contribution is 2.37. The Morgan fingerprint density at radius 2 is 2.09 bits per heavy atom. The summed E-state index contributed by atoms with van der Waals surface area (Å²) >= 11 is 6.61. The second-order valence-electron chi connectivity index (χ2n) is 6.92. The van der Waals surface area contributed by atoms with Crippen LogP contribution in [0, 0.1) is 0 Å². The lowest BCUT2D eigenvalue weighted by Crippen LogP contribution is -2.43. The number of thiocarbonyl (C=S) groups is 1. The van der Waals surface area contributed by atoms with Crippen molar-refractivity contribution in [2.45, 2.75) is 0 Å². The maximum atomic E-state index is 12.9. The first-order valence-electron chi connectivity index (χ1n) is 9.91. The van der Waals surface area contributed by atoms with Gasteiger partial charge in [0.05, 0.1) is 37.1 Å². The van der Waals surface area contributed by atoms with E-state index in [4.69, 9.17) is 26.4 Å². The van der Waals surface area contributed by atoms with Gasteiger partial charge in [0, 0.05) is 19.3 Å². The molecule has 0 aliphatic carbocycles. The van der Waals surface area contributed by atoms with Crippen LogP contribution in [0.1, 0.15) is 5.56 Å². The normalized spacial score (nSPS) is 17.7. The summed E-state index contributed by atoms with van der Waals surface area (Å²) in [6.07, 6.45) is 4.99. The Labute approximate surface area is 195 Å². The lowest BCUT2D eigenvalue weighted by molar-refractivity contribution is -0.137. The van der Waals surface area contributed by atoms with Gasteiger partial charge in [-0.05, 0) is 35.9 Å². The lowest BCUT2D eigenvalue weighted by atomic mass is 10.2. The molecule has 2 saturated heterocycles. The van der Waals surface area contributed by atoms with Crippen LogP contribution in [-0.4, -0.2) is 66.0 Å². The van der Waals surface area contributed by atoms with E-state index in [2.05, 4.69) is 4.98 Å². The molecular weight excluding hydrogens is 450 g/mol. The molecule has 1 aromatic heterocycles. The van der Waals surface area contributed by atoms with E-state index in [0.29, 0.717) is 52.7 Å². The zero-order chi connectivity index (χ0) is 22.5. The molecule has 0 spiro atoms. The van der Waals surface area contributed by atoms with E-state index in [1.54, 1.807) is 53.7 Å². The Morgan fingerprint density at radius 3 is 2.81 bits per heavy atom. The van der Waals surface area contributed by atoms with Gasteiger partial charge in [-0.2, -0.15) is 0 Å².